The van der Waals surface area contributed by atoms with Crippen molar-refractivity contribution in [2.24, 2.45) is 0 Å². The van der Waals surface area contributed by atoms with E-state index < -0.39 is 11.9 Å². The third-order valence-electron chi connectivity index (χ3n) is 1.84. The average Bonchev–Trinajstić information content (AvgIpc) is 2.29. The highest BCUT2D eigenvalue weighted by atomic mass is 19.4. The molecule has 3 nitrogen and oxygen atoms in total. The summed E-state index contributed by atoms with van der Waals surface area (Å²) in [6.45, 7) is 0. The Balaban J connectivity index is 2.45. The van der Waals surface area contributed by atoms with Crippen molar-refractivity contribution >= 4 is 0 Å². The Labute approximate surface area is 89.0 Å². The van der Waals surface area contributed by atoms with Crippen LogP contribution in [-0.4, -0.2) is 15.0 Å². The van der Waals surface area contributed by atoms with Crippen molar-refractivity contribution in [2.75, 3.05) is 0 Å². The zero-order valence-corrected chi connectivity index (χ0v) is 7.94. The van der Waals surface area contributed by atoms with E-state index >= 15 is 0 Å². The summed E-state index contributed by atoms with van der Waals surface area (Å²) in [5.41, 5.74) is -0.656. The smallest absolute Gasteiger partial charge is 0.253 e. The Morgan fingerprint density at radius 1 is 0.938 bits per heavy atom. The van der Waals surface area contributed by atoms with Crippen LogP contribution in [0.25, 0.3) is 11.5 Å². The van der Waals surface area contributed by atoms with Gasteiger partial charge in [-0.05, 0) is 18.2 Å². The second kappa shape index (κ2) is 3.88. The molecule has 0 radical (unpaired) electrons. The largest absolute Gasteiger partial charge is 0.433 e. The standard InChI is InChI=1S/C10H6F3N3/c11-10(12,13)8-4-6-15-9(16-8)7-3-1-2-5-14-7/h1-6H. The van der Waals surface area contributed by atoms with Gasteiger partial charge in [0.1, 0.15) is 11.4 Å². The molecule has 16 heavy (non-hydrogen) atoms. The maximum absolute atomic E-state index is 12.4. The van der Waals surface area contributed by atoms with E-state index in [2.05, 4.69) is 15.0 Å². The lowest BCUT2D eigenvalue weighted by molar-refractivity contribution is -0.141. The molecule has 6 heteroatoms. The van der Waals surface area contributed by atoms with Crippen molar-refractivity contribution in [1.82, 2.24) is 15.0 Å². The quantitative estimate of drug-likeness (QED) is 0.748. The molecule has 0 aliphatic heterocycles. The van der Waals surface area contributed by atoms with Gasteiger partial charge in [0.15, 0.2) is 5.82 Å². The van der Waals surface area contributed by atoms with Gasteiger partial charge >= 0.3 is 6.18 Å². The maximum atomic E-state index is 12.4. The van der Waals surface area contributed by atoms with Gasteiger partial charge in [-0.2, -0.15) is 13.2 Å². The molecule has 0 spiro atoms. The molecule has 0 unspecified atom stereocenters. The molecule has 2 aromatic rings. The summed E-state index contributed by atoms with van der Waals surface area (Å²) in [6.07, 6.45) is -1.93. The molecule has 0 bridgehead atoms. The Bertz CT molecular complexity index is 482. The van der Waals surface area contributed by atoms with Gasteiger partial charge in [-0.25, -0.2) is 9.97 Å². The van der Waals surface area contributed by atoms with Crippen LogP contribution in [0.1, 0.15) is 5.69 Å². The SMILES string of the molecule is FC(F)(F)c1ccnc(-c2ccccn2)n1. The molecule has 0 N–H and O–H groups in total. The summed E-state index contributed by atoms with van der Waals surface area (Å²) < 4.78 is 37.1. The Kier molecular flexibility index (Phi) is 2.55. The molecule has 0 saturated carbocycles. The number of hydrogen-bond acceptors (Lipinski definition) is 3. The minimum atomic E-state index is -4.47. The molecule has 0 atom stereocenters. The van der Waals surface area contributed by atoms with Crippen LogP contribution in [0.2, 0.25) is 0 Å². The number of hydrogen-bond donors (Lipinski definition) is 0. The topological polar surface area (TPSA) is 38.7 Å². The molecule has 0 aromatic carbocycles. The lowest BCUT2D eigenvalue weighted by Gasteiger charge is -2.06. The van der Waals surface area contributed by atoms with Crippen molar-refractivity contribution in [3.63, 3.8) is 0 Å². The fraction of sp³-hybridized carbons (Fsp3) is 0.100. The van der Waals surface area contributed by atoms with E-state index in [0.717, 1.165) is 12.3 Å². The van der Waals surface area contributed by atoms with Crippen LogP contribution >= 0.6 is 0 Å². The molecular weight excluding hydrogens is 219 g/mol. The fourth-order valence-corrected chi connectivity index (χ4v) is 1.14. The van der Waals surface area contributed by atoms with Crippen LogP contribution in [-0.2, 0) is 6.18 Å². The average molecular weight is 225 g/mol. The van der Waals surface area contributed by atoms with Gasteiger partial charge in [0, 0.05) is 12.4 Å². The second-order valence-corrected chi connectivity index (χ2v) is 2.98. The van der Waals surface area contributed by atoms with Crippen molar-refractivity contribution in [1.29, 1.82) is 0 Å². The van der Waals surface area contributed by atoms with E-state index in [-0.39, 0.29) is 5.82 Å². The van der Waals surface area contributed by atoms with Gasteiger partial charge in [-0.15, -0.1) is 0 Å². The van der Waals surface area contributed by atoms with Crippen LogP contribution in [0.4, 0.5) is 13.2 Å². The molecule has 0 aliphatic rings. The summed E-state index contributed by atoms with van der Waals surface area (Å²) in [4.78, 5) is 11.0. The Hall–Kier alpha value is -1.98. The van der Waals surface area contributed by atoms with Crippen molar-refractivity contribution in [3.8, 4) is 11.5 Å². The number of aromatic nitrogens is 3. The zero-order valence-electron chi connectivity index (χ0n) is 7.94. The normalized spacial score (nSPS) is 11.4. The molecule has 0 fully saturated rings. The number of rotatable bonds is 1. The third kappa shape index (κ3) is 2.16. The van der Waals surface area contributed by atoms with Crippen LogP contribution in [0.5, 0.6) is 0 Å². The molecule has 2 rings (SSSR count). The first-order chi connectivity index (χ1) is 7.57. The summed E-state index contributed by atoms with van der Waals surface area (Å²) in [5.74, 6) is -0.0320. The molecule has 82 valence electrons. The van der Waals surface area contributed by atoms with Crippen LogP contribution < -0.4 is 0 Å². The molecule has 0 amide bonds. The van der Waals surface area contributed by atoms with E-state index in [1.165, 1.54) is 6.20 Å². The number of pyridine rings is 1. The number of halogens is 3. The number of nitrogens with zero attached hydrogens (tertiary/aromatic N) is 3. The first-order valence-corrected chi connectivity index (χ1v) is 4.39. The minimum absolute atomic E-state index is 0.0320. The van der Waals surface area contributed by atoms with Gasteiger partial charge in [0.05, 0.1) is 0 Å². The van der Waals surface area contributed by atoms with Crippen LogP contribution in [0, 0.1) is 0 Å². The van der Waals surface area contributed by atoms with Gasteiger partial charge in [0.25, 0.3) is 0 Å². The summed E-state index contributed by atoms with van der Waals surface area (Å²) >= 11 is 0. The van der Waals surface area contributed by atoms with E-state index in [9.17, 15) is 13.2 Å². The zero-order chi connectivity index (χ0) is 11.6. The fourth-order valence-electron chi connectivity index (χ4n) is 1.14. The van der Waals surface area contributed by atoms with Crippen molar-refractivity contribution < 1.29 is 13.2 Å². The molecule has 0 saturated heterocycles. The summed E-state index contributed by atoms with van der Waals surface area (Å²) in [6, 6.07) is 5.70. The third-order valence-corrected chi connectivity index (χ3v) is 1.84. The van der Waals surface area contributed by atoms with E-state index in [1.54, 1.807) is 18.2 Å². The minimum Gasteiger partial charge on any atom is -0.253 e. The highest BCUT2D eigenvalue weighted by Crippen LogP contribution is 2.28. The predicted octanol–water partition coefficient (Wildman–Crippen LogP) is 2.56. The van der Waals surface area contributed by atoms with Gasteiger partial charge in [-0.1, -0.05) is 6.07 Å². The van der Waals surface area contributed by atoms with Gasteiger partial charge in [-0.3, -0.25) is 4.98 Å². The van der Waals surface area contributed by atoms with Crippen molar-refractivity contribution in [3.05, 3.63) is 42.4 Å². The van der Waals surface area contributed by atoms with E-state index in [0.29, 0.717) is 5.69 Å². The first kappa shape index (κ1) is 10.5. The molecule has 2 aromatic heterocycles. The Morgan fingerprint density at radius 3 is 2.38 bits per heavy atom. The van der Waals surface area contributed by atoms with Crippen LogP contribution in [0.3, 0.4) is 0 Å². The molecule has 2 heterocycles. The monoisotopic (exact) mass is 225 g/mol. The maximum Gasteiger partial charge on any atom is 0.433 e. The highest BCUT2D eigenvalue weighted by molar-refractivity contribution is 5.48. The lowest BCUT2D eigenvalue weighted by Crippen LogP contribution is -2.09. The van der Waals surface area contributed by atoms with E-state index in [4.69, 9.17) is 0 Å². The van der Waals surface area contributed by atoms with Gasteiger partial charge < -0.3 is 0 Å². The lowest BCUT2D eigenvalue weighted by atomic mass is 10.3. The Morgan fingerprint density at radius 2 is 1.75 bits per heavy atom. The predicted molar refractivity (Wildman–Crippen MR) is 50.3 cm³/mol. The molecule has 0 aliphatic carbocycles. The van der Waals surface area contributed by atoms with E-state index in [1.807, 2.05) is 0 Å². The first-order valence-electron chi connectivity index (χ1n) is 4.39. The highest BCUT2D eigenvalue weighted by Gasteiger charge is 2.32. The number of alkyl halides is 3. The second-order valence-electron chi connectivity index (χ2n) is 2.98. The molecular formula is C10H6F3N3. The summed E-state index contributed by atoms with van der Waals surface area (Å²) in [5, 5.41) is 0. The summed E-state index contributed by atoms with van der Waals surface area (Å²) in [7, 11) is 0. The van der Waals surface area contributed by atoms with Gasteiger partial charge in [0.2, 0.25) is 0 Å². The van der Waals surface area contributed by atoms with Crippen LogP contribution in [0.15, 0.2) is 36.7 Å². The van der Waals surface area contributed by atoms with Crippen molar-refractivity contribution in [2.45, 2.75) is 6.18 Å².